The first-order valence-electron chi connectivity index (χ1n) is 12.7. The minimum atomic E-state index is -2.30. The Morgan fingerprint density at radius 2 is 1.92 bits per heavy atom. The smallest absolute Gasteiger partial charge is 0.226 e. The maximum absolute atomic E-state index is 17.4. The Balaban J connectivity index is 1.44. The van der Waals surface area contributed by atoms with Crippen LogP contribution in [-0.4, -0.2) is 51.7 Å². The summed E-state index contributed by atoms with van der Waals surface area (Å²) in [6.45, 7) is 3.26. The number of benzene rings is 1. The van der Waals surface area contributed by atoms with Gasteiger partial charge in [-0.15, -0.1) is 0 Å². The van der Waals surface area contributed by atoms with Crippen LogP contribution in [0.3, 0.4) is 0 Å². The van der Waals surface area contributed by atoms with E-state index >= 15 is 8.78 Å². The van der Waals surface area contributed by atoms with Crippen molar-refractivity contribution in [2.75, 3.05) is 6.01 Å². The van der Waals surface area contributed by atoms with Crippen LogP contribution in [0.15, 0.2) is 48.1 Å². The number of carbonyl (C=O) groups is 2. The Kier molecular flexibility index (Phi) is 6.06. The van der Waals surface area contributed by atoms with Crippen LogP contribution in [0.25, 0.3) is 0 Å². The number of alkyl halides is 3. The summed E-state index contributed by atoms with van der Waals surface area (Å²) in [6, 6.07) is 5.74. The fraction of sp³-hybridized carbons (Fsp3) is 0.571. The molecule has 5 aliphatic rings. The molecule has 1 aliphatic heterocycles. The van der Waals surface area contributed by atoms with Gasteiger partial charge in [-0.2, -0.15) is 0 Å². The number of hydrogen-bond acceptors (Lipinski definition) is 6. The lowest BCUT2D eigenvalue weighted by molar-refractivity contribution is -0.232. The van der Waals surface area contributed by atoms with E-state index in [-0.39, 0.29) is 24.8 Å². The van der Waals surface area contributed by atoms with E-state index in [0.717, 1.165) is 6.08 Å². The summed E-state index contributed by atoms with van der Waals surface area (Å²) in [4.78, 5) is 25.7. The van der Waals surface area contributed by atoms with E-state index < -0.39 is 75.5 Å². The van der Waals surface area contributed by atoms with Gasteiger partial charge in [0.25, 0.3) is 0 Å². The number of aliphatic hydroxyl groups is 1. The average Bonchev–Trinajstić information content (AvgIpc) is 3.37. The summed E-state index contributed by atoms with van der Waals surface area (Å²) in [5.74, 6) is -2.03. The Bertz CT molecular complexity index is 1260. The fourth-order valence-electron chi connectivity index (χ4n) is 8.22. The van der Waals surface area contributed by atoms with Crippen LogP contribution in [0, 0.1) is 22.7 Å². The van der Waals surface area contributed by atoms with Gasteiger partial charge in [-0.1, -0.05) is 48.5 Å². The third-order valence-electron chi connectivity index (χ3n) is 10.0. The molecule has 1 heterocycles. The van der Waals surface area contributed by atoms with E-state index in [2.05, 4.69) is 0 Å². The quantitative estimate of drug-likeness (QED) is 0.511. The summed E-state index contributed by atoms with van der Waals surface area (Å²) >= 11 is 6.48. The number of carbonyl (C=O) groups excluding carboxylic acids is 2. The highest BCUT2D eigenvalue weighted by Gasteiger charge is 2.80. The summed E-state index contributed by atoms with van der Waals surface area (Å²) in [5.41, 5.74) is -6.06. The molecule has 10 heteroatoms. The SMILES string of the molecule is C[C@]12C=CC(=O)C=C1[C@@H](F)C[C@H]1[C@@H]3C[C@H]4OC(c5ccc(Cl)cc5)O[C@@]4(C(=O)SCF)[C@@]3(C)C[C@H](O)[C@@]12F. The van der Waals surface area contributed by atoms with Crippen LogP contribution in [0.4, 0.5) is 13.2 Å². The maximum Gasteiger partial charge on any atom is 0.226 e. The lowest BCUT2D eigenvalue weighted by Crippen LogP contribution is -2.70. The molecule has 0 bridgehead atoms. The molecular weight excluding hydrogens is 541 g/mol. The van der Waals surface area contributed by atoms with Gasteiger partial charge in [0.2, 0.25) is 5.12 Å². The molecule has 5 nitrogen and oxygen atoms in total. The molecule has 0 spiro atoms. The number of hydrogen-bond donors (Lipinski definition) is 1. The largest absolute Gasteiger partial charge is 0.390 e. The van der Waals surface area contributed by atoms with Crippen molar-refractivity contribution in [1.82, 2.24) is 0 Å². The number of halogens is 4. The zero-order valence-corrected chi connectivity index (χ0v) is 22.4. The predicted octanol–water partition coefficient (Wildman–Crippen LogP) is 5.61. The van der Waals surface area contributed by atoms with Gasteiger partial charge >= 0.3 is 0 Å². The Hall–Kier alpha value is -1.65. The second-order valence-corrected chi connectivity index (χ2v) is 12.8. The minimum absolute atomic E-state index is 0.0265. The molecule has 4 fully saturated rings. The van der Waals surface area contributed by atoms with Crippen LogP contribution in [-0.2, 0) is 19.1 Å². The number of fused-ring (bicyclic) bond motifs is 7. The van der Waals surface area contributed by atoms with Gasteiger partial charge in [0.15, 0.2) is 23.3 Å². The first kappa shape index (κ1) is 26.6. The highest BCUT2D eigenvalue weighted by molar-refractivity contribution is 8.13. The molecular formula is C28H28ClF3O5S. The van der Waals surface area contributed by atoms with Crippen LogP contribution in [0.5, 0.6) is 0 Å². The van der Waals surface area contributed by atoms with E-state index in [1.165, 1.54) is 19.1 Å². The van der Waals surface area contributed by atoms with Crippen molar-refractivity contribution < 1.29 is 37.3 Å². The van der Waals surface area contributed by atoms with E-state index in [9.17, 15) is 19.1 Å². The number of rotatable bonds is 3. The maximum atomic E-state index is 17.4. The van der Waals surface area contributed by atoms with Gasteiger partial charge in [-0.3, -0.25) is 9.59 Å². The molecule has 0 amide bonds. The van der Waals surface area contributed by atoms with Gasteiger partial charge in [0, 0.05) is 27.3 Å². The van der Waals surface area contributed by atoms with Gasteiger partial charge in [-0.05, 0) is 62.0 Å². The van der Waals surface area contributed by atoms with Crippen molar-refractivity contribution in [1.29, 1.82) is 0 Å². The second-order valence-electron chi connectivity index (χ2n) is 11.5. The van der Waals surface area contributed by atoms with Crippen molar-refractivity contribution in [3.05, 3.63) is 58.7 Å². The van der Waals surface area contributed by atoms with Crippen molar-refractivity contribution >= 4 is 34.3 Å². The summed E-state index contributed by atoms with van der Waals surface area (Å²) < 4.78 is 59.3. The molecule has 1 saturated heterocycles. The molecule has 6 rings (SSSR count). The number of ether oxygens (including phenoxy) is 2. The summed E-state index contributed by atoms with van der Waals surface area (Å²) in [6.07, 6.45) is -1.56. The minimum Gasteiger partial charge on any atom is -0.390 e. The standard InChI is InChI=1S/C28H28ClF3O5S/c1-25-8-7-16(33)9-19(25)20(31)10-18-17-11-22-28(24(35)38-13-30,26(17,2)12-21(34)27(18,25)32)37-23(36-22)14-3-5-15(29)6-4-14/h3-9,17-18,20-23,34H,10-13H2,1-2H3/t17-,18-,20-,21-,22+,23?,25-,26-,27-,28-/m0/s1. The zero-order chi connectivity index (χ0) is 27.3. The van der Waals surface area contributed by atoms with E-state index in [1.54, 1.807) is 31.2 Å². The van der Waals surface area contributed by atoms with Gasteiger partial charge in [0.1, 0.15) is 12.2 Å². The van der Waals surface area contributed by atoms with Crippen molar-refractivity contribution in [2.45, 2.75) is 69.0 Å². The normalized spacial score (nSPS) is 47.1. The molecule has 3 saturated carbocycles. The van der Waals surface area contributed by atoms with Crippen LogP contribution < -0.4 is 0 Å². The van der Waals surface area contributed by atoms with Gasteiger partial charge < -0.3 is 14.6 Å². The van der Waals surface area contributed by atoms with Crippen molar-refractivity contribution in [3.63, 3.8) is 0 Å². The van der Waals surface area contributed by atoms with Crippen LogP contribution >= 0.6 is 23.4 Å². The third kappa shape index (κ3) is 3.20. The fourth-order valence-corrected chi connectivity index (χ4v) is 9.08. The van der Waals surface area contributed by atoms with Crippen molar-refractivity contribution in [3.8, 4) is 0 Å². The molecule has 0 aromatic heterocycles. The Morgan fingerprint density at radius 3 is 2.61 bits per heavy atom. The number of aliphatic hydroxyl groups excluding tert-OH is 1. The van der Waals surface area contributed by atoms with Crippen molar-refractivity contribution in [2.24, 2.45) is 22.7 Å². The molecule has 10 atom stereocenters. The molecule has 1 N–H and O–H groups in total. The summed E-state index contributed by atoms with van der Waals surface area (Å²) in [5, 5.41) is 11.5. The molecule has 1 unspecified atom stereocenters. The molecule has 1 aromatic rings. The molecule has 4 aliphatic carbocycles. The lowest BCUT2D eigenvalue weighted by atomic mass is 9.44. The Morgan fingerprint density at radius 1 is 1.21 bits per heavy atom. The summed E-state index contributed by atoms with van der Waals surface area (Å²) in [7, 11) is 0. The second kappa shape index (κ2) is 8.67. The van der Waals surface area contributed by atoms with E-state index in [1.807, 2.05) is 0 Å². The third-order valence-corrected chi connectivity index (χ3v) is 10.9. The molecule has 204 valence electrons. The zero-order valence-electron chi connectivity index (χ0n) is 20.8. The first-order valence-corrected chi connectivity index (χ1v) is 14.1. The number of ketones is 1. The van der Waals surface area contributed by atoms with Gasteiger partial charge in [-0.25, -0.2) is 13.2 Å². The monoisotopic (exact) mass is 568 g/mol. The number of allylic oxidation sites excluding steroid dienone is 4. The predicted molar refractivity (Wildman–Crippen MR) is 135 cm³/mol. The highest BCUT2D eigenvalue weighted by Crippen LogP contribution is 2.73. The topological polar surface area (TPSA) is 72.8 Å². The number of thioether (sulfide) groups is 1. The highest BCUT2D eigenvalue weighted by atomic mass is 35.5. The van der Waals surface area contributed by atoms with E-state index in [0.29, 0.717) is 22.3 Å². The van der Waals surface area contributed by atoms with Crippen LogP contribution in [0.1, 0.15) is 45.0 Å². The molecule has 38 heavy (non-hydrogen) atoms. The average molecular weight is 569 g/mol. The first-order chi connectivity index (χ1) is 17.9. The molecule has 0 radical (unpaired) electrons. The Labute approximate surface area is 227 Å². The lowest BCUT2D eigenvalue weighted by Gasteiger charge is -2.63. The van der Waals surface area contributed by atoms with Gasteiger partial charge in [0.05, 0.1) is 12.2 Å². The van der Waals surface area contributed by atoms with E-state index in [4.69, 9.17) is 21.1 Å². The molecule has 1 aromatic carbocycles. The van der Waals surface area contributed by atoms with Crippen LogP contribution in [0.2, 0.25) is 5.02 Å².